The molecule has 5 heteroatoms. The molecule has 0 amide bonds. The zero-order valence-corrected chi connectivity index (χ0v) is 11.4. The Morgan fingerprint density at radius 3 is 2.74 bits per heavy atom. The highest BCUT2D eigenvalue weighted by molar-refractivity contribution is 6.05. The van der Waals surface area contributed by atoms with Gasteiger partial charge in [0.1, 0.15) is 6.20 Å². The lowest BCUT2D eigenvalue weighted by Gasteiger charge is -2.23. The van der Waals surface area contributed by atoms with Crippen molar-refractivity contribution in [3.05, 3.63) is 40.2 Å². The van der Waals surface area contributed by atoms with Gasteiger partial charge in [0, 0.05) is 23.9 Å². The van der Waals surface area contributed by atoms with Crippen LogP contribution in [0, 0.1) is 15.5 Å². The lowest BCUT2D eigenvalue weighted by Crippen LogP contribution is -2.21. The van der Waals surface area contributed by atoms with Gasteiger partial charge in [0.15, 0.2) is 0 Å². The van der Waals surface area contributed by atoms with Crippen LogP contribution in [-0.4, -0.2) is 22.2 Å². The minimum atomic E-state index is -0.383. The van der Waals surface area contributed by atoms with Gasteiger partial charge in [0.05, 0.1) is 10.5 Å². The van der Waals surface area contributed by atoms with Gasteiger partial charge in [-0.1, -0.05) is 20.8 Å². The van der Waals surface area contributed by atoms with Gasteiger partial charge in [-0.25, -0.2) is 0 Å². The first-order chi connectivity index (χ1) is 8.89. The lowest BCUT2D eigenvalue weighted by molar-refractivity contribution is -0.385. The normalized spacial score (nSPS) is 15.7. The van der Waals surface area contributed by atoms with Crippen LogP contribution >= 0.6 is 0 Å². The molecular formula is C14H17N3O2. The summed E-state index contributed by atoms with van der Waals surface area (Å²) >= 11 is 0. The van der Waals surface area contributed by atoms with E-state index >= 15 is 0 Å². The number of nitro groups is 1. The van der Waals surface area contributed by atoms with E-state index in [0.29, 0.717) is 12.1 Å². The summed E-state index contributed by atoms with van der Waals surface area (Å²) in [4.78, 5) is 19.0. The molecule has 0 spiro atoms. The molecule has 0 bridgehead atoms. The van der Waals surface area contributed by atoms with E-state index in [1.807, 2.05) is 6.08 Å². The van der Waals surface area contributed by atoms with E-state index in [4.69, 9.17) is 0 Å². The number of dihydropyridines is 1. The predicted octanol–water partition coefficient (Wildman–Crippen LogP) is 3.26. The van der Waals surface area contributed by atoms with Crippen molar-refractivity contribution in [3.63, 3.8) is 0 Å². The third kappa shape index (κ3) is 2.86. The van der Waals surface area contributed by atoms with E-state index in [1.165, 1.54) is 6.20 Å². The van der Waals surface area contributed by atoms with Crippen LogP contribution in [-0.2, 0) is 0 Å². The first kappa shape index (κ1) is 13.4. The summed E-state index contributed by atoms with van der Waals surface area (Å²) in [7, 11) is 0. The summed E-state index contributed by atoms with van der Waals surface area (Å²) in [6.07, 6.45) is 5.60. The Hall–Kier alpha value is -2.04. The van der Waals surface area contributed by atoms with Crippen molar-refractivity contribution in [2.75, 3.05) is 6.54 Å². The lowest BCUT2D eigenvalue weighted by atomic mass is 9.85. The molecule has 2 heterocycles. The Balaban J connectivity index is 2.46. The quantitative estimate of drug-likeness (QED) is 0.604. The van der Waals surface area contributed by atoms with Crippen LogP contribution in [0.5, 0.6) is 0 Å². The molecule has 1 aliphatic heterocycles. The van der Waals surface area contributed by atoms with Crippen LogP contribution in [0.2, 0.25) is 0 Å². The molecule has 0 radical (unpaired) electrons. The van der Waals surface area contributed by atoms with Gasteiger partial charge in [-0.2, -0.15) is 0 Å². The fraction of sp³-hybridized carbons (Fsp3) is 0.429. The number of hydrogen-bond donors (Lipinski definition) is 0. The molecule has 0 fully saturated rings. The van der Waals surface area contributed by atoms with Gasteiger partial charge < -0.3 is 0 Å². The number of hydrogen-bond acceptors (Lipinski definition) is 4. The topological polar surface area (TPSA) is 68.4 Å². The van der Waals surface area contributed by atoms with E-state index < -0.39 is 0 Å². The Bertz CT molecular complexity index is 568. The van der Waals surface area contributed by atoms with E-state index in [1.54, 1.807) is 12.3 Å². The molecule has 0 atom stereocenters. The summed E-state index contributed by atoms with van der Waals surface area (Å²) in [6, 6.07) is 1.70. The smallest absolute Gasteiger partial charge is 0.289 e. The maximum atomic E-state index is 11.1. The molecule has 0 unspecified atom stereocenters. The maximum Gasteiger partial charge on any atom is 0.294 e. The molecular weight excluding hydrogens is 242 g/mol. The molecule has 1 aromatic heterocycles. The van der Waals surface area contributed by atoms with Crippen LogP contribution in [0.25, 0.3) is 5.57 Å². The van der Waals surface area contributed by atoms with Crippen LogP contribution in [0.4, 0.5) is 5.69 Å². The standard InChI is InChI=1S/C14H17N3O2/c1-14(2,3)13-8-10(4-7-16-13)11-5-6-15-9-12(11)17(18)19/h5-6,8-9H,4,7H2,1-3H3. The average molecular weight is 259 g/mol. The summed E-state index contributed by atoms with van der Waals surface area (Å²) in [5.74, 6) is 0. The number of pyridine rings is 1. The second-order valence-electron chi connectivity index (χ2n) is 5.59. The number of aromatic nitrogens is 1. The van der Waals surface area contributed by atoms with E-state index in [0.717, 1.165) is 17.7 Å². The number of allylic oxidation sites excluding steroid dienone is 1. The van der Waals surface area contributed by atoms with Gasteiger partial charge in [0.2, 0.25) is 0 Å². The molecule has 0 saturated heterocycles. The highest BCUT2D eigenvalue weighted by atomic mass is 16.6. The molecule has 0 aliphatic carbocycles. The SMILES string of the molecule is CC(C)(C)C1=NCCC(c2ccncc2[N+](=O)[O-])=C1. The Morgan fingerprint density at radius 2 is 2.11 bits per heavy atom. The fourth-order valence-electron chi connectivity index (χ4n) is 2.05. The predicted molar refractivity (Wildman–Crippen MR) is 75.2 cm³/mol. The Kier molecular flexibility index (Phi) is 3.46. The second kappa shape index (κ2) is 4.91. The molecule has 2 rings (SSSR count). The third-order valence-corrected chi connectivity index (χ3v) is 3.09. The molecule has 1 aromatic rings. The molecule has 1 aliphatic rings. The minimum absolute atomic E-state index is 0.0481. The van der Waals surface area contributed by atoms with Crippen LogP contribution in [0.3, 0.4) is 0 Å². The molecule has 100 valence electrons. The maximum absolute atomic E-state index is 11.1. The van der Waals surface area contributed by atoms with Crippen molar-refractivity contribution < 1.29 is 4.92 Å². The van der Waals surface area contributed by atoms with Gasteiger partial charge in [-0.15, -0.1) is 0 Å². The van der Waals surface area contributed by atoms with Crippen molar-refractivity contribution in [2.24, 2.45) is 10.4 Å². The third-order valence-electron chi connectivity index (χ3n) is 3.09. The van der Waals surface area contributed by atoms with Gasteiger partial charge >= 0.3 is 0 Å². The fourth-order valence-corrected chi connectivity index (χ4v) is 2.05. The highest BCUT2D eigenvalue weighted by Crippen LogP contribution is 2.31. The van der Waals surface area contributed by atoms with Crippen molar-refractivity contribution in [1.29, 1.82) is 0 Å². The van der Waals surface area contributed by atoms with E-state index in [9.17, 15) is 10.1 Å². The Labute approximate surface area is 112 Å². The zero-order valence-electron chi connectivity index (χ0n) is 11.4. The van der Waals surface area contributed by atoms with Crippen molar-refractivity contribution in [3.8, 4) is 0 Å². The highest BCUT2D eigenvalue weighted by Gasteiger charge is 2.23. The summed E-state index contributed by atoms with van der Waals surface area (Å²) in [6.45, 7) is 6.95. The van der Waals surface area contributed by atoms with Gasteiger partial charge in [-0.05, 0) is 24.1 Å². The molecule has 0 aromatic carbocycles. The summed E-state index contributed by atoms with van der Waals surface area (Å²) < 4.78 is 0. The monoisotopic (exact) mass is 259 g/mol. The van der Waals surface area contributed by atoms with Crippen molar-refractivity contribution >= 4 is 17.0 Å². The van der Waals surface area contributed by atoms with E-state index in [2.05, 4.69) is 30.7 Å². The number of aliphatic imine (C=N–C) groups is 1. The summed E-state index contributed by atoms with van der Waals surface area (Å²) in [5.41, 5.74) is 2.61. The molecule has 5 nitrogen and oxygen atoms in total. The van der Waals surface area contributed by atoms with Crippen molar-refractivity contribution in [1.82, 2.24) is 4.98 Å². The van der Waals surface area contributed by atoms with Crippen LogP contribution in [0.15, 0.2) is 29.5 Å². The first-order valence-corrected chi connectivity index (χ1v) is 6.24. The molecule has 19 heavy (non-hydrogen) atoms. The largest absolute Gasteiger partial charge is 0.294 e. The van der Waals surface area contributed by atoms with Crippen LogP contribution in [0.1, 0.15) is 32.8 Å². The first-order valence-electron chi connectivity index (χ1n) is 6.24. The number of rotatable bonds is 2. The summed E-state index contributed by atoms with van der Waals surface area (Å²) in [5, 5.41) is 11.1. The zero-order chi connectivity index (χ0) is 14.0. The molecule has 0 N–H and O–H groups in total. The second-order valence-corrected chi connectivity index (χ2v) is 5.59. The Morgan fingerprint density at radius 1 is 1.37 bits per heavy atom. The number of nitrogens with zero attached hydrogens (tertiary/aromatic N) is 3. The van der Waals surface area contributed by atoms with E-state index in [-0.39, 0.29) is 16.0 Å². The van der Waals surface area contributed by atoms with Gasteiger partial charge in [0.25, 0.3) is 5.69 Å². The van der Waals surface area contributed by atoms with Gasteiger partial charge in [-0.3, -0.25) is 20.1 Å². The van der Waals surface area contributed by atoms with Crippen LogP contribution < -0.4 is 0 Å². The minimum Gasteiger partial charge on any atom is -0.289 e. The molecule has 0 saturated carbocycles. The average Bonchev–Trinajstić information content (AvgIpc) is 2.38. The van der Waals surface area contributed by atoms with Crippen molar-refractivity contribution in [2.45, 2.75) is 27.2 Å².